The van der Waals surface area contributed by atoms with Gasteiger partial charge in [-0.3, -0.25) is 4.98 Å². The summed E-state index contributed by atoms with van der Waals surface area (Å²) in [5, 5.41) is 6.03. The zero-order valence-electron chi connectivity index (χ0n) is 14.5. The van der Waals surface area contributed by atoms with Crippen LogP contribution in [0.25, 0.3) is 11.3 Å². The van der Waals surface area contributed by atoms with Crippen LogP contribution in [-0.2, 0) is 0 Å². The van der Waals surface area contributed by atoms with Crippen molar-refractivity contribution in [1.29, 1.82) is 0 Å². The maximum atomic E-state index is 13.9. The van der Waals surface area contributed by atoms with Gasteiger partial charge in [0, 0.05) is 36.1 Å². The Morgan fingerprint density at radius 1 is 1.12 bits per heavy atom. The quantitative estimate of drug-likeness (QED) is 0.667. The van der Waals surface area contributed by atoms with Crippen molar-refractivity contribution in [1.82, 2.24) is 15.0 Å². The largest absolute Gasteiger partial charge is 0.352 e. The minimum absolute atomic E-state index is 0.00956. The van der Waals surface area contributed by atoms with Crippen LogP contribution in [0.1, 0.15) is 20.3 Å². The minimum Gasteiger partial charge on any atom is -0.352 e. The first-order chi connectivity index (χ1) is 12.5. The number of halogens is 2. The van der Waals surface area contributed by atoms with E-state index in [1.54, 1.807) is 24.5 Å². The molecule has 0 aliphatic rings. The van der Waals surface area contributed by atoms with Crippen LogP contribution in [0.15, 0.2) is 48.8 Å². The van der Waals surface area contributed by atoms with Crippen LogP contribution < -0.4 is 10.6 Å². The summed E-state index contributed by atoms with van der Waals surface area (Å²) in [5.74, 6) is -0.341. The summed E-state index contributed by atoms with van der Waals surface area (Å²) in [6.45, 7) is 4.06. The third-order valence-corrected chi connectivity index (χ3v) is 3.86. The van der Waals surface area contributed by atoms with Crippen molar-refractivity contribution in [2.75, 3.05) is 10.6 Å². The second kappa shape index (κ2) is 7.86. The van der Waals surface area contributed by atoms with Crippen LogP contribution in [-0.4, -0.2) is 21.0 Å². The van der Waals surface area contributed by atoms with E-state index in [1.165, 1.54) is 0 Å². The van der Waals surface area contributed by atoms with E-state index in [2.05, 4.69) is 25.6 Å². The fourth-order valence-electron chi connectivity index (χ4n) is 2.29. The fourth-order valence-corrected chi connectivity index (χ4v) is 2.29. The van der Waals surface area contributed by atoms with Crippen LogP contribution in [0.2, 0.25) is 0 Å². The van der Waals surface area contributed by atoms with Crippen LogP contribution in [0.3, 0.4) is 0 Å². The third kappa shape index (κ3) is 4.30. The Hall–Kier alpha value is -3.09. The van der Waals surface area contributed by atoms with Gasteiger partial charge in [-0.1, -0.05) is 6.92 Å². The lowest BCUT2D eigenvalue weighted by molar-refractivity contribution is 0.603. The molecule has 0 aliphatic carbocycles. The number of hydrogen-bond donors (Lipinski definition) is 2. The molecule has 0 unspecified atom stereocenters. The standard InChI is InChI=1S/C19H19F2N5/c1-3-12(2)23-19-25-16(13-5-4-8-22-11-13)10-18(26-19)24-17-9-14(20)6-7-15(17)21/h4-12H,3H2,1-2H3,(H2,23,24,25,26)/t12-/m1/s1. The van der Waals surface area contributed by atoms with E-state index < -0.39 is 11.6 Å². The summed E-state index contributed by atoms with van der Waals surface area (Å²) in [6.07, 6.45) is 4.24. The molecule has 5 nitrogen and oxygen atoms in total. The molecule has 0 saturated heterocycles. The molecule has 2 N–H and O–H groups in total. The average Bonchev–Trinajstić information content (AvgIpc) is 2.65. The molecule has 7 heteroatoms. The molecule has 3 rings (SSSR count). The van der Waals surface area contributed by atoms with E-state index in [0.29, 0.717) is 17.5 Å². The zero-order chi connectivity index (χ0) is 18.5. The van der Waals surface area contributed by atoms with Crippen molar-refractivity contribution in [2.45, 2.75) is 26.3 Å². The van der Waals surface area contributed by atoms with Crippen LogP contribution in [0, 0.1) is 11.6 Å². The molecule has 0 radical (unpaired) electrons. The summed E-state index contributed by atoms with van der Waals surface area (Å²) < 4.78 is 27.4. The molecule has 0 amide bonds. The molecule has 1 atom stereocenters. The van der Waals surface area contributed by atoms with E-state index in [-0.39, 0.29) is 11.7 Å². The summed E-state index contributed by atoms with van der Waals surface area (Å²) in [5.41, 5.74) is 1.43. The fraction of sp³-hybridized carbons (Fsp3) is 0.211. The van der Waals surface area contributed by atoms with Crippen molar-refractivity contribution in [3.8, 4) is 11.3 Å². The van der Waals surface area contributed by atoms with E-state index in [4.69, 9.17) is 0 Å². The highest BCUT2D eigenvalue weighted by Gasteiger charge is 2.11. The van der Waals surface area contributed by atoms with E-state index in [0.717, 1.165) is 30.2 Å². The second-order valence-electron chi connectivity index (χ2n) is 5.91. The number of nitrogens with one attached hydrogen (secondary N) is 2. The number of benzene rings is 1. The predicted octanol–water partition coefficient (Wildman–Crippen LogP) is 4.77. The van der Waals surface area contributed by atoms with Crippen LogP contribution >= 0.6 is 0 Å². The van der Waals surface area contributed by atoms with Gasteiger partial charge in [0.25, 0.3) is 0 Å². The zero-order valence-corrected chi connectivity index (χ0v) is 14.5. The van der Waals surface area contributed by atoms with Gasteiger partial charge in [-0.15, -0.1) is 0 Å². The summed E-state index contributed by atoms with van der Waals surface area (Å²) in [7, 11) is 0. The lowest BCUT2D eigenvalue weighted by Gasteiger charge is -2.15. The highest BCUT2D eigenvalue weighted by atomic mass is 19.1. The number of nitrogens with zero attached hydrogens (tertiary/aromatic N) is 3. The molecule has 26 heavy (non-hydrogen) atoms. The van der Waals surface area contributed by atoms with Crippen molar-refractivity contribution in [3.05, 3.63) is 60.4 Å². The van der Waals surface area contributed by atoms with Crippen LogP contribution in [0.4, 0.5) is 26.2 Å². The van der Waals surface area contributed by atoms with Gasteiger partial charge in [0.1, 0.15) is 17.5 Å². The first kappa shape index (κ1) is 17.7. The molecular formula is C19H19F2N5. The SMILES string of the molecule is CC[C@@H](C)Nc1nc(Nc2cc(F)ccc2F)cc(-c2cccnc2)n1. The Morgan fingerprint density at radius 3 is 2.69 bits per heavy atom. The van der Waals surface area contributed by atoms with Gasteiger partial charge in [-0.2, -0.15) is 4.98 Å². The number of pyridine rings is 1. The molecule has 1 aromatic carbocycles. The molecule has 2 heterocycles. The molecule has 0 bridgehead atoms. The summed E-state index contributed by atoms with van der Waals surface area (Å²) in [4.78, 5) is 13.0. The van der Waals surface area contributed by atoms with E-state index >= 15 is 0 Å². The van der Waals surface area contributed by atoms with Gasteiger partial charge < -0.3 is 10.6 Å². The average molecular weight is 355 g/mol. The number of hydrogen-bond acceptors (Lipinski definition) is 5. The van der Waals surface area contributed by atoms with Gasteiger partial charge in [0.2, 0.25) is 5.95 Å². The van der Waals surface area contributed by atoms with Gasteiger partial charge in [0.05, 0.1) is 11.4 Å². The topological polar surface area (TPSA) is 62.7 Å². The second-order valence-corrected chi connectivity index (χ2v) is 5.91. The maximum Gasteiger partial charge on any atom is 0.225 e. The Balaban J connectivity index is 2.00. The molecule has 3 aromatic rings. The normalized spacial score (nSPS) is 11.8. The van der Waals surface area contributed by atoms with Gasteiger partial charge >= 0.3 is 0 Å². The lowest BCUT2D eigenvalue weighted by atomic mass is 10.2. The van der Waals surface area contributed by atoms with Crippen molar-refractivity contribution >= 4 is 17.5 Å². The van der Waals surface area contributed by atoms with Gasteiger partial charge in [-0.05, 0) is 37.6 Å². The highest BCUT2D eigenvalue weighted by Crippen LogP contribution is 2.25. The van der Waals surface area contributed by atoms with Crippen molar-refractivity contribution in [2.24, 2.45) is 0 Å². The molecular weight excluding hydrogens is 336 g/mol. The lowest BCUT2D eigenvalue weighted by Crippen LogP contribution is -2.16. The molecule has 2 aromatic heterocycles. The minimum atomic E-state index is -0.565. The van der Waals surface area contributed by atoms with E-state index in [1.807, 2.05) is 19.9 Å². The van der Waals surface area contributed by atoms with Crippen molar-refractivity contribution < 1.29 is 8.78 Å². The van der Waals surface area contributed by atoms with Gasteiger partial charge in [0.15, 0.2) is 0 Å². The highest BCUT2D eigenvalue weighted by molar-refractivity contribution is 5.67. The van der Waals surface area contributed by atoms with Crippen LogP contribution in [0.5, 0.6) is 0 Å². The maximum absolute atomic E-state index is 13.9. The first-order valence-corrected chi connectivity index (χ1v) is 8.33. The Bertz CT molecular complexity index is 886. The molecule has 0 spiro atoms. The smallest absolute Gasteiger partial charge is 0.225 e. The van der Waals surface area contributed by atoms with E-state index in [9.17, 15) is 8.78 Å². The Labute approximate surface area is 150 Å². The first-order valence-electron chi connectivity index (χ1n) is 8.33. The third-order valence-electron chi connectivity index (χ3n) is 3.86. The van der Waals surface area contributed by atoms with Gasteiger partial charge in [-0.25, -0.2) is 13.8 Å². The number of anilines is 3. The predicted molar refractivity (Wildman–Crippen MR) is 98.3 cm³/mol. The molecule has 134 valence electrons. The monoisotopic (exact) mass is 355 g/mol. The summed E-state index contributed by atoms with van der Waals surface area (Å²) >= 11 is 0. The molecule has 0 saturated carbocycles. The van der Waals surface area contributed by atoms with Crippen molar-refractivity contribution in [3.63, 3.8) is 0 Å². The Morgan fingerprint density at radius 2 is 1.96 bits per heavy atom. The number of rotatable bonds is 6. The molecule has 0 fully saturated rings. The summed E-state index contributed by atoms with van der Waals surface area (Å²) in [6, 6.07) is 8.73. The number of aromatic nitrogens is 3. The Kier molecular flexibility index (Phi) is 5.36. The molecule has 0 aliphatic heterocycles.